The standard InChI is InChI=1S/C19H24Cl2O6/c20-12-6-15(18(26)11-4-2-1-3-5-11)19(16(21)7-12)27-10-14(23)8-13(22)9-17(24)25/h6-7,11,13-14,22-23H,1-5,8-10H2,(H,24,25)/t13-,14?/m1/s1. The number of aliphatic carboxylic acids is 1. The molecule has 1 aromatic carbocycles. The van der Waals surface area contributed by atoms with Crippen molar-refractivity contribution in [1.82, 2.24) is 0 Å². The third-order valence-corrected chi connectivity index (χ3v) is 5.12. The van der Waals surface area contributed by atoms with Gasteiger partial charge >= 0.3 is 5.97 Å². The fourth-order valence-corrected chi connectivity index (χ4v) is 3.87. The molecule has 8 heteroatoms. The average molecular weight is 419 g/mol. The van der Waals surface area contributed by atoms with E-state index >= 15 is 0 Å². The van der Waals surface area contributed by atoms with Crippen molar-refractivity contribution in [2.45, 2.75) is 57.2 Å². The van der Waals surface area contributed by atoms with Crippen molar-refractivity contribution in [2.24, 2.45) is 5.92 Å². The highest BCUT2D eigenvalue weighted by Crippen LogP contribution is 2.36. The summed E-state index contributed by atoms with van der Waals surface area (Å²) in [6.07, 6.45) is 1.82. The number of hydrogen-bond acceptors (Lipinski definition) is 5. The van der Waals surface area contributed by atoms with Crippen LogP contribution in [-0.4, -0.2) is 45.9 Å². The maximum Gasteiger partial charge on any atom is 0.305 e. The van der Waals surface area contributed by atoms with Crippen molar-refractivity contribution in [3.63, 3.8) is 0 Å². The number of ether oxygens (including phenoxy) is 1. The van der Waals surface area contributed by atoms with Crippen molar-refractivity contribution in [2.75, 3.05) is 6.61 Å². The summed E-state index contributed by atoms with van der Waals surface area (Å²) in [6.45, 7) is -0.233. The Morgan fingerprint density at radius 3 is 2.41 bits per heavy atom. The first kappa shape index (κ1) is 22.0. The molecular weight excluding hydrogens is 395 g/mol. The zero-order valence-corrected chi connectivity index (χ0v) is 16.4. The molecule has 1 aliphatic rings. The Morgan fingerprint density at radius 1 is 1.11 bits per heavy atom. The van der Waals surface area contributed by atoms with E-state index in [1.54, 1.807) is 0 Å². The Balaban J connectivity index is 2.09. The van der Waals surface area contributed by atoms with Gasteiger partial charge in [0.2, 0.25) is 0 Å². The fraction of sp³-hybridized carbons (Fsp3) is 0.579. The lowest BCUT2D eigenvalue weighted by atomic mass is 9.83. The molecule has 1 unspecified atom stereocenters. The van der Waals surface area contributed by atoms with Crippen LogP contribution in [0.3, 0.4) is 0 Å². The molecule has 0 aromatic heterocycles. The fourth-order valence-electron chi connectivity index (χ4n) is 3.32. The van der Waals surface area contributed by atoms with Gasteiger partial charge in [-0.15, -0.1) is 0 Å². The molecule has 0 aliphatic heterocycles. The highest BCUT2D eigenvalue weighted by Gasteiger charge is 2.27. The highest BCUT2D eigenvalue weighted by molar-refractivity contribution is 6.36. The smallest absolute Gasteiger partial charge is 0.305 e. The molecule has 0 heterocycles. The average Bonchev–Trinajstić information content (AvgIpc) is 2.59. The summed E-state index contributed by atoms with van der Waals surface area (Å²) in [4.78, 5) is 23.5. The molecule has 1 fully saturated rings. The number of halogens is 2. The molecule has 1 aliphatic carbocycles. The number of carboxylic acid groups (broad SMARTS) is 1. The van der Waals surface area contributed by atoms with Crippen molar-refractivity contribution in [3.8, 4) is 5.75 Å². The highest BCUT2D eigenvalue weighted by atomic mass is 35.5. The van der Waals surface area contributed by atoms with Crippen molar-refractivity contribution in [1.29, 1.82) is 0 Å². The van der Waals surface area contributed by atoms with Gasteiger partial charge in [0, 0.05) is 17.4 Å². The van der Waals surface area contributed by atoms with E-state index in [1.165, 1.54) is 12.1 Å². The van der Waals surface area contributed by atoms with Gasteiger partial charge in [0.15, 0.2) is 5.78 Å². The summed E-state index contributed by atoms with van der Waals surface area (Å²) >= 11 is 12.3. The number of hydrogen-bond donors (Lipinski definition) is 3. The second-order valence-corrected chi connectivity index (χ2v) is 7.76. The lowest BCUT2D eigenvalue weighted by Crippen LogP contribution is -2.26. The summed E-state index contributed by atoms with van der Waals surface area (Å²) in [5, 5.41) is 28.7. The van der Waals surface area contributed by atoms with E-state index < -0.39 is 24.6 Å². The molecule has 0 radical (unpaired) electrons. The van der Waals surface area contributed by atoms with Crippen LogP contribution in [0.15, 0.2) is 12.1 Å². The molecule has 6 nitrogen and oxygen atoms in total. The lowest BCUT2D eigenvalue weighted by Gasteiger charge is -2.23. The Labute approximate surface area is 168 Å². The molecule has 1 saturated carbocycles. The van der Waals surface area contributed by atoms with Crippen LogP contribution in [0.2, 0.25) is 10.0 Å². The van der Waals surface area contributed by atoms with Gasteiger partial charge in [-0.2, -0.15) is 0 Å². The van der Waals surface area contributed by atoms with E-state index in [0.29, 0.717) is 5.02 Å². The van der Waals surface area contributed by atoms with E-state index in [2.05, 4.69) is 0 Å². The zero-order chi connectivity index (χ0) is 20.0. The van der Waals surface area contributed by atoms with Gasteiger partial charge in [-0.25, -0.2) is 0 Å². The van der Waals surface area contributed by atoms with Gasteiger partial charge in [-0.05, 0) is 25.0 Å². The lowest BCUT2D eigenvalue weighted by molar-refractivity contribution is -0.139. The van der Waals surface area contributed by atoms with Gasteiger partial charge < -0.3 is 20.1 Å². The summed E-state index contributed by atoms with van der Waals surface area (Å²) in [5.41, 5.74) is 0.290. The largest absolute Gasteiger partial charge is 0.489 e. The molecule has 1 aromatic rings. The molecule has 0 amide bonds. The normalized spacial score (nSPS) is 17.3. The van der Waals surface area contributed by atoms with E-state index in [1.807, 2.05) is 0 Å². The predicted molar refractivity (Wildman–Crippen MR) is 102 cm³/mol. The van der Waals surface area contributed by atoms with E-state index in [-0.39, 0.29) is 41.1 Å². The number of benzene rings is 1. The Morgan fingerprint density at radius 2 is 1.78 bits per heavy atom. The Kier molecular flexibility index (Phi) is 8.35. The van der Waals surface area contributed by atoms with Crippen LogP contribution in [0.5, 0.6) is 5.75 Å². The minimum Gasteiger partial charge on any atom is -0.489 e. The van der Waals surface area contributed by atoms with Crippen molar-refractivity contribution in [3.05, 3.63) is 27.7 Å². The summed E-state index contributed by atoms with van der Waals surface area (Å²) in [7, 11) is 0. The second-order valence-electron chi connectivity index (χ2n) is 6.92. The number of aliphatic hydroxyl groups excluding tert-OH is 2. The molecule has 2 rings (SSSR count). The number of aliphatic hydroxyl groups is 2. The van der Waals surface area contributed by atoms with Crippen LogP contribution in [0.1, 0.15) is 55.3 Å². The Hall–Kier alpha value is -1.34. The first-order valence-corrected chi connectivity index (χ1v) is 9.77. The van der Waals surface area contributed by atoms with Crippen LogP contribution in [0.25, 0.3) is 0 Å². The molecule has 2 atom stereocenters. The number of Topliss-reactive ketones (excluding diaryl/α,β-unsaturated/α-hetero) is 1. The van der Waals surface area contributed by atoms with Crippen LogP contribution in [0, 0.1) is 5.92 Å². The topological polar surface area (TPSA) is 104 Å². The quantitative estimate of drug-likeness (QED) is 0.527. The number of carboxylic acids is 1. The molecule has 0 saturated heterocycles. The second kappa shape index (κ2) is 10.3. The SMILES string of the molecule is O=C(O)C[C@H](O)CC(O)COc1c(Cl)cc(Cl)cc1C(=O)C1CCCCC1. The molecule has 27 heavy (non-hydrogen) atoms. The Bertz CT molecular complexity index is 672. The van der Waals surface area contributed by atoms with Crippen LogP contribution < -0.4 is 4.74 Å². The molecule has 3 N–H and O–H groups in total. The molecular formula is C19H24Cl2O6. The first-order chi connectivity index (χ1) is 12.8. The van der Waals surface area contributed by atoms with Crippen molar-refractivity contribution < 1.29 is 29.6 Å². The monoisotopic (exact) mass is 418 g/mol. The van der Waals surface area contributed by atoms with E-state index in [0.717, 1.165) is 32.1 Å². The van der Waals surface area contributed by atoms with Gasteiger partial charge in [0.25, 0.3) is 0 Å². The number of rotatable bonds is 9. The summed E-state index contributed by atoms with van der Waals surface area (Å²) < 4.78 is 5.58. The third kappa shape index (κ3) is 6.64. The van der Waals surface area contributed by atoms with Crippen LogP contribution in [-0.2, 0) is 4.79 Å². The predicted octanol–water partition coefficient (Wildman–Crippen LogP) is 3.72. The molecule has 0 spiro atoms. The van der Waals surface area contributed by atoms with E-state index in [4.69, 9.17) is 33.0 Å². The first-order valence-electron chi connectivity index (χ1n) is 9.02. The number of carbonyl (C=O) groups excluding carboxylic acids is 1. The number of ketones is 1. The summed E-state index contributed by atoms with van der Waals surface area (Å²) in [5.74, 6) is -1.17. The maximum atomic E-state index is 12.9. The summed E-state index contributed by atoms with van der Waals surface area (Å²) in [6, 6.07) is 2.98. The van der Waals surface area contributed by atoms with Crippen molar-refractivity contribution >= 4 is 35.0 Å². The van der Waals surface area contributed by atoms with Gasteiger partial charge in [0.05, 0.1) is 29.2 Å². The number of carbonyl (C=O) groups is 2. The molecule has 0 bridgehead atoms. The minimum atomic E-state index is -1.19. The van der Waals surface area contributed by atoms with Gasteiger partial charge in [-0.1, -0.05) is 42.5 Å². The zero-order valence-electron chi connectivity index (χ0n) is 14.9. The van der Waals surface area contributed by atoms with Gasteiger partial charge in [0.1, 0.15) is 12.4 Å². The van der Waals surface area contributed by atoms with Gasteiger partial charge in [-0.3, -0.25) is 9.59 Å². The minimum absolute atomic E-state index is 0.0745. The van der Waals surface area contributed by atoms with E-state index in [9.17, 15) is 19.8 Å². The van der Waals surface area contributed by atoms with Crippen LogP contribution >= 0.6 is 23.2 Å². The van der Waals surface area contributed by atoms with Crippen LogP contribution in [0.4, 0.5) is 0 Å². The maximum absolute atomic E-state index is 12.9. The molecule has 150 valence electrons. The third-order valence-electron chi connectivity index (χ3n) is 4.62.